The second-order valence-electron chi connectivity index (χ2n) is 4.26. The fourth-order valence-electron chi connectivity index (χ4n) is 1.81. The Kier molecular flexibility index (Phi) is 6.51. The van der Waals surface area contributed by atoms with Gasteiger partial charge in [0.05, 0.1) is 0 Å². The number of unbranched alkanes of at least 4 members (excludes halogenated alkanes) is 1. The Labute approximate surface area is 104 Å². The van der Waals surface area contributed by atoms with Crippen LogP contribution in [0.4, 0.5) is 0 Å². The summed E-state index contributed by atoms with van der Waals surface area (Å²) in [5, 5.41) is 4.41. The number of rotatable bonds is 7. The van der Waals surface area contributed by atoms with E-state index in [0.717, 1.165) is 11.6 Å². The van der Waals surface area contributed by atoms with E-state index in [9.17, 15) is 0 Å². The molecule has 1 unspecified atom stereocenters. The molecule has 16 heavy (non-hydrogen) atoms. The van der Waals surface area contributed by atoms with Gasteiger partial charge < -0.3 is 5.32 Å². The van der Waals surface area contributed by atoms with Gasteiger partial charge in [-0.3, -0.25) is 0 Å². The summed E-state index contributed by atoms with van der Waals surface area (Å²) < 4.78 is 0. The average Bonchev–Trinajstić information content (AvgIpc) is 2.29. The Balaban J connectivity index is 2.37. The molecule has 0 saturated heterocycles. The minimum Gasteiger partial charge on any atom is -0.310 e. The van der Waals surface area contributed by atoms with Gasteiger partial charge in [-0.2, -0.15) is 0 Å². The third-order valence-corrected chi connectivity index (χ3v) is 3.12. The maximum absolute atomic E-state index is 5.95. The van der Waals surface area contributed by atoms with Crippen molar-refractivity contribution in [2.75, 3.05) is 0 Å². The largest absolute Gasteiger partial charge is 0.310 e. The highest BCUT2D eigenvalue weighted by molar-refractivity contribution is 6.30. The van der Waals surface area contributed by atoms with Crippen molar-refractivity contribution in [3.63, 3.8) is 0 Å². The molecular formula is C14H22ClN. The molecule has 1 atom stereocenters. The van der Waals surface area contributed by atoms with Crippen molar-refractivity contribution in [3.05, 3.63) is 34.9 Å². The molecule has 0 saturated carbocycles. The summed E-state index contributed by atoms with van der Waals surface area (Å²) in [5.41, 5.74) is 1.27. The van der Waals surface area contributed by atoms with Crippen LogP contribution in [0, 0.1) is 0 Å². The standard InChI is InChI=1S/C14H22ClN/c1-3-5-9-14(4-2)16-11-12-7-6-8-13(15)10-12/h6-8,10,14,16H,3-5,9,11H2,1-2H3. The SMILES string of the molecule is CCCCC(CC)NCc1cccc(Cl)c1. The van der Waals surface area contributed by atoms with Crippen molar-refractivity contribution in [2.24, 2.45) is 0 Å². The van der Waals surface area contributed by atoms with Crippen LogP contribution in [0.1, 0.15) is 45.1 Å². The fraction of sp³-hybridized carbons (Fsp3) is 0.571. The third-order valence-electron chi connectivity index (χ3n) is 2.88. The van der Waals surface area contributed by atoms with Crippen LogP contribution in [0.25, 0.3) is 0 Å². The van der Waals surface area contributed by atoms with E-state index < -0.39 is 0 Å². The zero-order valence-corrected chi connectivity index (χ0v) is 11.1. The lowest BCUT2D eigenvalue weighted by Crippen LogP contribution is -2.27. The van der Waals surface area contributed by atoms with Gasteiger partial charge in [0, 0.05) is 17.6 Å². The van der Waals surface area contributed by atoms with Crippen molar-refractivity contribution < 1.29 is 0 Å². The van der Waals surface area contributed by atoms with E-state index >= 15 is 0 Å². The predicted octanol–water partition coefficient (Wildman–Crippen LogP) is 4.40. The van der Waals surface area contributed by atoms with Crippen LogP contribution < -0.4 is 5.32 Å². The van der Waals surface area contributed by atoms with E-state index in [2.05, 4.69) is 25.2 Å². The van der Waals surface area contributed by atoms with Crippen molar-refractivity contribution in [1.29, 1.82) is 0 Å². The van der Waals surface area contributed by atoms with Gasteiger partial charge >= 0.3 is 0 Å². The van der Waals surface area contributed by atoms with Crippen LogP contribution in [-0.2, 0) is 6.54 Å². The Bertz CT molecular complexity index is 299. The van der Waals surface area contributed by atoms with Crippen molar-refractivity contribution in [1.82, 2.24) is 5.32 Å². The maximum Gasteiger partial charge on any atom is 0.0409 e. The fourth-order valence-corrected chi connectivity index (χ4v) is 2.02. The molecule has 1 rings (SSSR count). The zero-order chi connectivity index (χ0) is 11.8. The zero-order valence-electron chi connectivity index (χ0n) is 10.3. The van der Waals surface area contributed by atoms with Crippen LogP contribution in [0.2, 0.25) is 5.02 Å². The van der Waals surface area contributed by atoms with Gasteiger partial charge in [-0.25, -0.2) is 0 Å². The Morgan fingerprint density at radius 3 is 2.75 bits per heavy atom. The molecule has 1 aromatic carbocycles. The van der Waals surface area contributed by atoms with Crippen molar-refractivity contribution in [2.45, 2.75) is 52.1 Å². The summed E-state index contributed by atoms with van der Waals surface area (Å²) in [6.45, 7) is 5.40. The summed E-state index contributed by atoms with van der Waals surface area (Å²) in [7, 11) is 0. The second kappa shape index (κ2) is 7.70. The van der Waals surface area contributed by atoms with Crippen LogP contribution in [0.15, 0.2) is 24.3 Å². The van der Waals surface area contributed by atoms with E-state index in [1.165, 1.54) is 31.2 Å². The topological polar surface area (TPSA) is 12.0 Å². The van der Waals surface area contributed by atoms with E-state index in [1.54, 1.807) is 0 Å². The summed E-state index contributed by atoms with van der Waals surface area (Å²) >= 11 is 5.95. The molecule has 0 amide bonds. The third kappa shape index (κ3) is 5.00. The molecule has 0 spiro atoms. The summed E-state index contributed by atoms with van der Waals surface area (Å²) in [4.78, 5) is 0. The lowest BCUT2D eigenvalue weighted by Gasteiger charge is -2.16. The molecule has 0 aliphatic heterocycles. The quantitative estimate of drug-likeness (QED) is 0.744. The summed E-state index contributed by atoms with van der Waals surface area (Å²) in [6.07, 6.45) is 5.05. The average molecular weight is 240 g/mol. The number of nitrogens with one attached hydrogen (secondary N) is 1. The minimum atomic E-state index is 0.638. The highest BCUT2D eigenvalue weighted by Crippen LogP contribution is 2.11. The Morgan fingerprint density at radius 2 is 2.12 bits per heavy atom. The molecule has 0 radical (unpaired) electrons. The number of hydrogen-bond donors (Lipinski definition) is 1. The highest BCUT2D eigenvalue weighted by atomic mass is 35.5. The van der Waals surface area contributed by atoms with Gasteiger partial charge in [0.2, 0.25) is 0 Å². The minimum absolute atomic E-state index is 0.638. The molecule has 0 aliphatic rings. The second-order valence-corrected chi connectivity index (χ2v) is 4.69. The molecule has 0 fully saturated rings. The first-order valence-corrected chi connectivity index (χ1v) is 6.61. The Morgan fingerprint density at radius 1 is 1.31 bits per heavy atom. The van der Waals surface area contributed by atoms with Gasteiger partial charge in [0.15, 0.2) is 0 Å². The first kappa shape index (κ1) is 13.5. The Hall–Kier alpha value is -0.530. The molecular weight excluding hydrogens is 218 g/mol. The van der Waals surface area contributed by atoms with Crippen molar-refractivity contribution >= 4 is 11.6 Å². The molecule has 1 aromatic rings. The van der Waals surface area contributed by atoms with E-state index in [4.69, 9.17) is 11.6 Å². The van der Waals surface area contributed by atoms with Crippen molar-refractivity contribution in [3.8, 4) is 0 Å². The lowest BCUT2D eigenvalue weighted by molar-refractivity contribution is 0.452. The molecule has 0 aliphatic carbocycles. The molecule has 0 heterocycles. The van der Waals surface area contributed by atoms with E-state index in [1.807, 2.05) is 18.2 Å². The van der Waals surface area contributed by atoms with Gasteiger partial charge in [-0.15, -0.1) is 0 Å². The summed E-state index contributed by atoms with van der Waals surface area (Å²) in [6, 6.07) is 8.71. The number of halogens is 1. The first-order valence-electron chi connectivity index (χ1n) is 6.24. The normalized spacial score (nSPS) is 12.7. The van der Waals surface area contributed by atoms with Crippen LogP contribution in [-0.4, -0.2) is 6.04 Å². The van der Waals surface area contributed by atoms with Crippen LogP contribution >= 0.6 is 11.6 Å². The van der Waals surface area contributed by atoms with E-state index in [0.29, 0.717) is 6.04 Å². The molecule has 0 bridgehead atoms. The summed E-state index contributed by atoms with van der Waals surface area (Å²) in [5.74, 6) is 0. The number of hydrogen-bond acceptors (Lipinski definition) is 1. The van der Waals surface area contributed by atoms with Crippen LogP contribution in [0.3, 0.4) is 0 Å². The molecule has 2 heteroatoms. The van der Waals surface area contributed by atoms with Gasteiger partial charge in [0.25, 0.3) is 0 Å². The van der Waals surface area contributed by atoms with Gasteiger partial charge in [0.1, 0.15) is 0 Å². The van der Waals surface area contributed by atoms with Gasteiger partial charge in [-0.1, -0.05) is 50.4 Å². The molecule has 1 nitrogen and oxygen atoms in total. The smallest absolute Gasteiger partial charge is 0.0409 e. The lowest BCUT2D eigenvalue weighted by atomic mass is 10.1. The highest BCUT2D eigenvalue weighted by Gasteiger charge is 2.04. The molecule has 90 valence electrons. The maximum atomic E-state index is 5.95. The predicted molar refractivity (Wildman–Crippen MR) is 71.9 cm³/mol. The first-order chi connectivity index (χ1) is 7.76. The molecule has 0 aromatic heterocycles. The molecule has 1 N–H and O–H groups in total. The van der Waals surface area contributed by atoms with E-state index in [-0.39, 0.29) is 0 Å². The van der Waals surface area contributed by atoms with Gasteiger partial charge in [-0.05, 0) is 30.5 Å². The number of benzene rings is 1. The monoisotopic (exact) mass is 239 g/mol. The van der Waals surface area contributed by atoms with Crippen LogP contribution in [0.5, 0.6) is 0 Å².